The standard InChI is InChI=1S/C19H18O7/c1-9(16-12(18(21)22)6-7-25-16)4-5-11-15(20)14-13(8-26-19(14)23)10(2)17(11)24-3/h4,6-7,20H,5,8H2,1-3H3,(H,21,22)/b9-4-. The van der Waals surface area contributed by atoms with Crippen molar-refractivity contribution >= 4 is 17.5 Å². The molecule has 1 aliphatic heterocycles. The van der Waals surface area contributed by atoms with Crippen molar-refractivity contribution in [2.45, 2.75) is 26.9 Å². The molecule has 26 heavy (non-hydrogen) atoms. The average molecular weight is 358 g/mol. The molecule has 0 amide bonds. The Hall–Kier alpha value is -3.22. The SMILES string of the molecule is COc1c(C)c2c(c(O)c1C/C=C(/C)c1occc1C(=O)O)C(=O)OC2. The van der Waals surface area contributed by atoms with Crippen molar-refractivity contribution in [2.75, 3.05) is 7.11 Å². The molecule has 0 saturated carbocycles. The minimum Gasteiger partial charge on any atom is -0.507 e. The summed E-state index contributed by atoms with van der Waals surface area (Å²) in [5, 5.41) is 19.8. The van der Waals surface area contributed by atoms with E-state index >= 15 is 0 Å². The number of furan rings is 1. The number of esters is 1. The van der Waals surface area contributed by atoms with Crippen molar-refractivity contribution in [1.29, 1.82) is 0 Å². The zero-order valence-corrected chi connectivity index (χ0v) is 14.6. The number of ether oxygens (including phenoxy) is 2. The van der Waals surface area contributed by atoms with E-state index in [2.05, 4.69) is 0 Å². The molecule has 1 aromatic carbocycles. The molecular weight excluding hydrogens is 340 g/mol. The molecule has 0 spiro atoms. The summed E-state index contributed by atoms with van der Waals surface area (Å²) < 4.78 is 15.7. The predicted octanol–water partition coefficient (Wildman–Crippen LogP) is 3.32. The largest absolute Gasteiger partial charge is 0.507 e. The summed E-state index contributed by atoms with van der Waals surface area (Å²) in [5.74, 6) is -1.11. The van der Waals surface area contributed by atoms with Gasteiger partial charge in [-0.15, -0.1) is 0 Å². The van der Waals surface area contributed by atoms with Crippen LogP contribution in [0.15, 0.2) is 22.8 Å². The predicted molar refractivity (Wildman–Crippen MR) is 91.5 cm³/mol. The number of rotatable bonds is 5. The number of cyclic esters (lactones) is 1. The van der Waals surface area contributed by atoms with Gasteiger partial charge >= 0.3 is 11.9 Å². The number of carboxylic acid groups (broad SMARTS) is 1. The van der Waals surface area contributed by atoms with Crippen LogP contribution in [0.2, 0.25) is 0 Å². The second kappa shape index (κ2) is 6.59. The van der Waals surface area contributed by atoms with E-state index < -0.39 is 11.9 Å². The molecule has 2 aromatic rings. The molecule has 0 aliphatic carbocycles. The minimum absolute atomic E-state index is 0.0589. The van der Waals surface area contributed by atoms with Gasteiger partial charge in [0.05, 0.1) is 13.4 Å². The van der Waals surface area contributed by atoms with E-state index in [1.54, 1.807) is 19.9 Å². The number of phenolic OH excluding ortho intramolecular Hbond substituents is 1. The van der Waals surface area contributed by atoms with E-state index in [0.29, 0.717) is 22.4 Å². The number of fused-ring (bicyclic) bond motifs is 1. The first kappa shape index (κ1) is 17.6. The lowest BCUT2D eigenvalue weighted by atomic mass is 9.94. The van der Waals surface area contributed by atoms with Crippen LogP contribution in [0.5, 0.6) is 11.5 Å². The highest BCUT2D eigenvalue weighted by atomic mass is 16.5. The van der Waals surface area contributed by atoms with Crippen LogP contribution >= 0.6 is 0 Å². The fourth-order valence-electron chi connectivity index (χ4n) is 3.16. The highest BCUT2D eigenvalue weighted by molar-refractivity contribution is 5.98. The van der Waals surface area contributed by atoms with E-state index in [0.717, 1.165) is 5.56 Å². The first-order valence-electron chi connectivity index (χ1n) is 7.93. The van der Waals surface area contributed by atoms with Crippen LogP contribution in [0.25, 0.3) is 5.57 Å². The lowest BCUT2D eigenvalue weighted by Crippen LogP contribution is -2.03. The van der Waals surface area contributed by atoms with Gasteiger partial charge in [-0.2, -0.15) is 0 Å². The summed E-state index contributed by atoms with van der Waals surface area (Å²) in [7, 11) is 1.49. The smallest absolute Gasteiger partial charge is 0.342 e. The number of carbonyl (C=O) groups is 2. The number of carbonyl (C=O) groups excluding carboxylic acids is 1. The van der Waals surface area contributed by atoms with Crippen molar-refractivity contribution in [3.05, 3.63) is 52.0 Å². The van der Waals surface area contributed by atoms with Crippen molar-refractivity contribution < 1.29 is 33.7 Å². The quantitative estimate of drug-likeness (QED) is 0.790. The molecule has 7 heteroatoms. The van der Waals surface area contributed by atoms with Gasteiger partial charge in [-0.05, 0) is 37.5 Å². The highest BCUT2D eigenvalue weighted by Gasteiger charge is 2.31. The minimum atomic E-state index is -1.09. The summed E-state index contributed by atoms with van der Waals surface area (Å²) >= 11 is 0. The average Bonchev–Trinajstić information content (AvgIpc) is 3.23. The van der Waals surface area contributed by atoms with Gasteiger partial charge in [0, 0.05) is 11.1 Å². The van der Waals surface area contributed by atoms with Crippen LogP contribution in [0.4, 0.5) is 0 Å². The molecule has 0 atom stereocenters. The second-order valence-corrected chi connectivity index (χ2v) is 5.97. The van der Waals surface area contributed by atoms with Crippen molar-refractivity contribution in [2.24, 2.45) is 0 Å². The maximum absolute atomic E-state index is 11.9. The Balaban J connectivity index is 2.04. The summed E-state index contributed by atoms with van der Waals surface area (Å²) in [6.45, 7) is 3.62. The fourth-order valence-corrected chi connectivity index (χ4v) is 3.16. The lowest BCUT2D eigenvalue weighted by Gasteiger charge is -2.15. The molecule has 0 radical (unpaired) electrons. The number of benzene rings is 1. The number of methoxy groups -OCH3 is 1. The van der Waals surface area contributed by atoms with Crippen LogP contribution in [0.1, 0.15) is 50.1 Å². The van der Waals surface area contributed by atoms with Crippen LogP contribution in [0, 0.1) is 6.92 Å². The molecule has 136 valence electrons. The van der Waals surface area contributed by atoms with Gasteiger partial charge in [-0.1, -0.05) is 6.08 Å². The number of hydrogen-bond donors (Lipinski definition) is 2. The zero-order valence-electron chi connectivity index (χ0n) is 14.6. The van der Waals surface area contributed by atoms with Crippen molar-refractivity contribution in [1.82, 2.24) is 0 Å². The normalized spacial score (nSPS) is 13.5. The van der Waals surface area contributed by atoms with Gasteiger partial charge in [0.15, 0.2) is 0 Å². The van der Waals surface area contributed by atoms with Crippen LogP contribution in [-0.2, 0) is 17.8 Å². The number of hydrogen-bond acceptors (Lipinski definition) is 6. The van der Waals surface area contributed by atoms with E-state index in [4.69, 9.17) is 13.9 Å². The molecule has 1 aromatic heterocycles. The number of aromatic hydroxyl groups is 1. The lowest BCUT2D eigenvalue weighted by molar-refractivity contribution is 0.0532. The highest BCUT2D eigenvalue weighted by Crippen LogP contribution is 2.42. The Morgan fingerprint density at radius 1 is 1.42 bits per heavy atom. The molecule has 2 N–H and O–H groups in total. The van der Waals surface area contributed by atoms with Gasteiger partial charge < -0.3 is 24.1 Å². The van der Waals surface area contributed by atoms with E-state index in [9.17, 15) is 19.8 Å². The molecule has 0 fully saturated rings. The van der Waals surface area contributed by atoms with E-state index in [1.165, 1.54) is 19.4 Å². The van der Waals surface area contributed by atoms with Gasteiger partial charge in [-0.3, -0.25) is 0 Å². The number of carboxylic acids is 1. The summed E-state index contributed by atoms with van der Waals surface area (Å²) in [6, 6.07) is 1.38. The molecule has 0 saturated heterocycles. The number of aromatic carboxylic acids is 1. The Morgan fingerprint density at radius 3 is 2.81 bits per heavy atom. The monoisotopic (exact) mass is 358 g/mol. The molecule has 0 bridgehead atoms. The van der Waals surface area contributed by atoms with Gasteiger partial charge in [0.2, 0.25) is 0 Å². The maximum Gasteiger partial charge on any atom is 0.342 e. The molecule has 7 nitrogen and oxygen atoms in total. The third-order valence-electron chi connectivity index (χ3n) is 4.51. The Labute approximate surface area is 149 Å². The molecule has 1 aliphatic rings. The number of allylic oxidation sites excluding steroid dienone is 2. The maximum atomic E-state index is 11.9. The van der Waals surface area contributed by atoms with E-state index in [1.807, 2.05) is 0 Å². The summed E-state index contributed by atoms with van der Waals surface area (Å²) in [5.41, 5.74) is 2.60. The van der Waals surface area contributed by atoms with Gasteiger partial charge in [-0.25, -0.2) is 9.59 Å². The third-order valence-corrected chi connectivity index (χ3v) is 4.51. The first-order chi connectivity index (χ1) is 12.4. The summed E-state index contributed by atoms with van der Waals surface area (Å²) in [6.07, 6.45) is 3.25. The second-order valence-electron chi connectivity index (χ2n) is 5.97. The molecule has 2 heterocycles. The van der Waals surface area contributed by atoms with Gasteiger partial charge in [0.1, 0.15) is 35.0 Å². The van der Waals surface area contributed by atoms with Crippen molar-refractivity contribution in [3.8, 4) is 11.5 Å². The zero-order chi connectivity index (χ0) is 19.0. The Kier molecular flexibility index (Phi) is 4.46. The molecular formula is C19H18O7. The van der Waals surface area contributed by atoms with Crippen molar-refractivity contribution in [3.63, 3.8) is 0 Å². The molecule has 0 unspecified atom stereocenters. The van der Waals surface area contributed by atoms with Gasteiger partial charge in [0.25, 0.3) is 0 Å². The first-order valence-corrected chi connectivity index (χ1v) is 7.93. The summed E-state index contributed by atoms with van der Waals surface area (Å²) in [4.78, 5) is 23.1. The number of phenols is 1. The fraction of sp³-hybridized carbons (Fsp3) is 0.263. The van der Waals surface area contributed by atoms with Crippen LogP contribution in [0.3, 0.4) is 0 Å². The van der Waals surface area contributed by atoms with E-state index in [-0.39, 0.29) is 35.7 Å². The topological polar surface area (TPSA) is 106 Å². The van der Waals surface area contributed by atoms with Crippen LogP contribution < -0.4 is 4.74 Å². The Morgan fingerprint density at radius 2 is 2.15 bits per heavy atom. The van der Waals surface area contributed by atoms with Crippen LogP contribution in [-0.4, -0.2) is 29.3 Å². The third kappa shape index (κ3) is 2.71. The Bertz CT molecular complexity index is 934. The molecule has 3 rings (SSSR count).